The second-order valence-corrected chi connectivity index (χ2v) is 7.48. The number of ketones is 2. The summed E-state index contributed by atoms with van der Waals surface area (Å²) in [5.74, 6) is 0.232. The smallest absolute Gasteiger partial charge is 0.262 e. The summed E-state index contributed by atoms with van der Waals surface area (Å²) in [6, 6.07) is 13.9. The number of aromatic nitrogens is 1. The van der Waals surface area contributed by atoms with Crippen LogP contribution < -0.4 is 10.1 Å². The third-order valence-electron chi connectivity index (χ3n) is 4.16. The van der Waals surface area contributed by atoms with Crippen LogP contribution in [0, 0.1) is 6.92 Å². The summed E-state index contributed by atoms with van der Waals surface area (Å²) in [4.78, 5) is 40.0. The number of thiazole rings is 1. The number of anilines is 1. The molecule has 0 fully saturated rings. The van der Waals surface area contributed by atoms with Gasteiger partial charge < -0.3 is 10.1 Å². The average Bonchev–Trinajstić information content (AvgIpc) is 3.09. The van der Waals surface area contributed by atoms with Gasteiger partial charge in [-0.15, -0.1) is 11.3 Å². The molecule has 0 radical (unpaired) electrons. The monoisotopic (exact) mass is 408 g/mol. The number of hydrogen-bond acceptors (Lipinski definition) is 6. The summed E-state index contributed by atoms with van der Waals surface area (Å²) in [7, 11) is 0. The Kier molecular flexibility index (Phi) is 6.19. The number of benzene rings is 2. The van der Waals surface area contributed by atoms with Gasteiger partial charge in [0.05, 0.1) is 10.6 Å². The van der Waals surface area contributed by atoms with Crippen LogP contribution in [0.1, 0.15) is 39.6 Å². The molecule has 1 N–H and O–H groups in total. The Hall–Kier alpha value is -3.32. The molecule has 0 atom stereocenters. The number of aryl methyl sites for hydroxylation is 1. The minimum Gasteiger partial charge on any atom is -0.484 e. The topological polar surface area (TPSA) is 85.4 Å². The molecular formula is C22H20N2O4S. The molecule has 7 heteroatoms. The Morgan fingerprint density at radius 3 is 2.17 bits per heavy atom. The van der Waals surface area contributed by atoms with Crippen molar-refractivity contribution in [2.45, 2.75) is 20.8 Å². The van der Waals surface area contributed by atoms with E-state index in [1.807, 2.05) is 19.1 Å². The normalized spacial score (nSPS) is 10.4. The van der Waals surface area contributed by atoms with E-state index in [0.29, 0.717) is 21.9 Å². The fourth-order valence-corrected chi connectivity index (χ4v) is 3.64. The Morgan fingerprint density at radius 2 is 1.62 bits per heavy atom. The summed E-state index contributed by atoms with van der Waals surface area (Å²) in [5, 5.41) is 3.49. The Balaban J connectivity index is 1.57. The predicted molar refractivity (Wildman–Crippen MR) is 113 cm³/mol. The van der Waals surface area contributed by atoms with Crippen LogP contribution in [0.3, 0.4) is 0 Å². The highest BCUT2D eigenvalue weighted by Crippen LogP contribution is 2.29. The van der Waals surface area contributed by atoms with Crippen LogP contribution in [0.4, 0.5) is 5.69 Å². The van der Waals surface area contributed by atoms with Gasteiger partial charge in [-0.25, -0.2) is 4.98 Å². The highest BCUT2D eigenvalue weighted by molar-refractivity contribution is 7.17. The highest BCUT2D eigenvalue weighted by Gasteiger charge is 2.13. The summed E-state index contributed by atoms with van der Waals surface area (Å²) >= 11 is 1.36. The average molecular weight is 408 g/mol. The van der Waals surface area contributed by atoms with Crippen LogP contribution >= 0.6 is 11.3 Å². The summed E-state index contributed by atoms with van der Waals surface area (Å²) in [5.41, 5.74) is 2.79. The van der Waals surface area contributed by atoms with Gasteiger partial charge in [-0.2, -0.15) is 0 Å². The molecule has 148 valence electrons. The molecule has 2 aromatic carbocycles. The Morgan fingerprint density at radius 1 is 0.966 bits per heavy atom. The van der Waals surface area contributed by atoms with Crippen molar-refractivity contribution in [3.63, 3.8) is 0 Å². The van der Waals surface area contributed by atoms with Gasteiger partial charge >= 0.3 is 0 Å². The van der Waals surface area contributed by atoms with Gasteiger partial charge in [-0.1, -0.05) is 0 Å². The zero-order chi connectivity index (χ0) is 21.0. The number of ether oxygens (including phenoxy) is 1. The van der Waals surface area contributed by atoms with Crippen LogP contribution in [-0.4, -0.2) is 29.1 Å². The molecule has 3 rings (SSSR count). The second kappa shape index (κ2) is 8.79. The van der Waals surface area contributed by atoms with Gasteiger partial charge in [0.15, 0.2) is 18.2 Å². The van der Waals surface area contributed by atoms with Crippen molar-refractivity contribution in [3.05, 3.63) is 64.7 Å². The first-order chi connectivity index (χ1) is 13.8. The molecule has 29 heavy (non-hydrogen) atoms. The molecule has 0 aliphatic heterocycles. The van der Waals surface area contributed by atoms with E-state index >= 15 is 0 Å². The van der Waals surface area contributed by atoms with Gasteiger partial charge in [0.1, 0.15) is 10.8 Å². The number of carbonyl (C=O) groups is 3. The van der Waals surface area contributed by atoms with Crippen molar-refractivity contribution in [3.8, 4) is 16.3 Å². The van der Waals surface area contributed by atoms with E-state index in [0.717, 1.165) is 16.3 Å². The molecule has 1 amide bonds. The lowest BCUT2D eigenvalue weighted by Crippen LogP contribution is -2.20. The van der Waals surface area contributed by atoms with Crippen LogP contribution in [0.25, 0.3) is 10.6 Å². The predicted octanol–water partition coefficient (Wildman–Crippen LogP) is 4.54. The van der Waals surface area contributed by atoms with E-state index in [9.17, 15) is 14.4 Å². The lowest BCUT2D eigenvalue weighted by molar-refractivity contribution is -0.118. The van der Waals surface area contributed by atoms with Crippen LogP contribution in [-0.2, 0) is 4.79 Å². The van der Waals surface area contributed by atoms with Crippen LogP contribution in [0.5, 0.6) is 5.75 Å². The van der Waals surface area contributed by atoms with Crippen molar-refractivity contribution < 1.29 is 19.1 Å². The Bertz CT molecular complexity index is 1050. The molecule has 3 aromatic rings. The summed E-state index contributed by atoms with van der Waals surface area (Å²) in [6.45, 7) is 4.70. The Labute approximate surface area is 172 Å². The van der Waals surface area contributed by atoms with Crippen LogP contribution in [0.2, 0.25) is 0 Å². The maximum absolute atomic E-state index is 12.1. The van der Waals surface area contributed by atoms with E-state index in [1.165, 1.54) is 25.2 Å². The number of nitrogens with one attached hydrogen (secondary N) is 1. The maximum atomic E-state index is 12.1. The minimum absolute atomic E-state index is 0.00755. The standard InChI is InChI=1S/C22H20N2O4S/c1-13-21(15(3)26)29-22(23-13)17-6-10-19(11-7-17)28-12-20(27)24-18-8-4-16(5-9-18)14(2)25/h4-11H,12H2,1-3H3,(H,24,27). The number of Topliss-reactive ketones (excluding diaryl/α,β-unsaturated/α-hetero) is 2. The van der Waals surface area contributed by atoms with Gasteiger partial charge in [-0.05, 0) is 62.4 Å². The van der Waals surface area contributed by atoms with E-state index < -0.39 is 0 Å². The first-order valence-corrected chi connectivity index (χ1v) is 9.77. The fraction of sp³-hybridized carbons (Fsp3) is 0.182. The van der Waals surface area contributed by atoms with E-state index in [2.05, 4.69) is 10.3 Å². The largest absolute Gasteiger partial charge is 0.484 e. The number of nitrogens with zero attached hydrogens (tertiary/aromatic N) is 1. The summed E-state index contributed by atoms with van der Waals surface area (Å²) < 4.78 is 5.52. The molecule has 0 saturated carbocycles. The molecule has 0 bridgehead atoms. The van der Waals surface area contributed by atoms with Gasteiger partial charge in [0.25, 0.3) is 5.91 Å². The molecule has 0 saturated heterocycles. The molecule has 1 heterocycles. The second-order valence-electron chi connectivity index (χ2n) is 6.48. The molecule has 0 unspecified atom stereocenters. The van der Waals surface area contributed by atoms with E-state index in [1.54, 1.807) is 36.4 Å². The van der Waals surface area contributed by atoms with Gasteiger partial charge in [0.2, 0.25) is 0 Å². The van der Waals surface area contributed by atoms with Crippen LogP contribution in [0.15, 0.2) is 48.5 Å². The SMILES string of the molecule is CC(=O)c1ccc(NC(=O)COc2ccc(-c3nc(C)c(C(C)=O)s3)cc2)cc1. The van der Waals surface area contributed by atoms with E-state index in [4.69, 9.17) is 4.74 Å². The number of carbonyl (C=O) groups excluding carboxylic acids is 3. The molecule has 6 nitrogen and oxygen atoms in total. The molecule has 0 spiro atoms. The highest BCUT2D eigenvalue weighted by atomic mass is 32.1. The zero-order valence-corrected chi connectivity index (χ0v) is 17.1. The van der Waals surface area contributed by atoms with Crippen molar-refractivity contribution in [2.75, 3.05) is 11.9 Å². The van der Waals surface area contributed by atoms with Crippen molar-refractivity contribution in [2.24, 2.45) is 0 Å². The first-order valence-electron chi connectivity index (χ1n) is 8.96. The number of rotatable bonds is 7. The van der Waals surface area contributed by atoms with Crippen molar-refractivity contribution >= 4 is 34.5 Å². The molecule has 0 aliphatic rings. The number of amides is 1. The van der Waals surface area contributed by atoms with Crippen molar-refractivity contribution in [1.82, 2.24) is 4.98 Å². The fourth-order valence-electron chi connectivity index (χ4n) is 2.67. The lowest BCUT2D eigenvalue weighted by atomic mass is 10.1. The molecular weight excluding hydrogens is 388 g/mol. The lowest BCUT2D eigenvalue weighted by Gasteiger charge is -2.08. The minimum atomic E-state index is -0.300. The first kappa shape index (κ1) is 20.4. The van der Waals surface area contributed by atoms with E-state index in [-0.39, 0.29) is 24.1 Å². The third-order valence-corrected chi connectivity index (χ3v) is 5.47. The zero-order valence-electron chi connectivity index (χ0n) is 16.3. The quantitative estimate of drug-likeness (QED) is 0.580. The molecule has 0 aliphatic carbocycles. The van der Waals surface area contributed by atoms with Gasteiger partial charge in [-0.3, -0.25) is 14.4 Å². The number of hydrogen-bond donors (Lipinski definition) is 1. The van der Waals surface area contributed by atoms with Gasteiger partial charge in [0, 0.05) is 23.7 Å². The molecule has 1 aromatic heterocycles. The third kappa shape index (κ3) is 5.14. The maximum Gasteiger partial charge on any atom is 0.262 e. The summed E-state index contributed by atoms with van der Waals surface area (Å²) in [6.07, 6.45) is 0. The van der Waals surface area contributed by atoms with Crippen molar-refractivity contribution in [1.29, 1.82) is 0 Å².